The quantitative estimate of drug-likeness (QED) is 0.603. The lowest BCUT2D eigenvalue weighted by Gasteiger charge is -2.41. The summed E-state index contributed by atoms with van der Waals surface area (Å²) >= 11 is 0. The second kappa shape index (κ2) is 3.94. The van der Waals surface area contributed by atoms with Gasteiger partial charge in [0.1, 0.15) is 0 Å². The molecule has 0 fully saturated rings. The van der Waals surface area contributed by atoms with Crippen LogP contribution in [0.1, 0.15) is 46.0 Å². The minimum Gasteiger partial charge on any atom is -0.758 e. The summed E-state index contributed by atoms with van der Waals surface area (Å²) < 4.78 is 0. The first-order valence-corrected chi connectivity index (χ1v) is 4.82. The average molecular weight is 168 g/mol. The first-order valence-electron chi connectivity index (χ1n) is 4.82. The van der Waals surface area contributed by atoms with Crippen LogP contribution in [0.4, 0.5) is 0 Å². The molecule has 1 aliphatic rings. The van der Waals surface area contributed by atoms with Crippen LogP contribution in [0.15, 0.2) is 12.3 Å². The third kappa shape index (κ3) is 2.01. The Morgan fingerprint density at radius 3 is 2.75 bits per heavy atom. The highest BCUT2D eigenvalue weighted by molar-refractivity contribution is 5.06. The lowest BCUT2D eigenvalue weighted by atomic mass is 9.93. The molecule has 0 aromatic rings. The molecule has 1 unspecified atom stereocenters. The molecular formula is C10H18NO-. The standard InChI is InChI=1S/C10H18NO/c1-3-4-5-7-10(2)8-6-9-11(10)12/h6,9H,3-5,7-8H2,1-2H3/q-1. The van der Waals surface area contributed by atoms with Gasteiger partial charge in [-0.3, -0.25) is 0 Å². The van der Waals surface area contributed by atoms with Gasteiger partial charge in [0, 0.05) is 5.54 Å². The minimum absolute atomic E-state index is 0.130. The molecule has 0 aromatic carbocycles. The van der Waals surface area contributed by atoms with Crippen molar-refractivity contribution in [2.45, 2.75) is 51.5 Å². The summed E-state index contributed by atoms with van der Waals surface area (Å²) in [4.78, 5) is 0. The molecule has 0 aromatic heterocycles. The third-order valence-electron chi connectivity index (χ3n) is 2.65. The van der Waals surface area contributed by atoms with Crippen molar-refractivity contribution in [3.05, 3.63) is 17.5 Å². The van der Waals surface area contributed by atoms with Gasteiger partial charge in [0.25, 0.3) is 0 Å². The molecule has 0 aliphatic carbocycles. The molecule has 0 spiro atoms. The number of nitrogens with zero attached hydrogens (tertiary/aromatic N) is 1. The van der Waals surface area contributed by atoms with Crippen molar-refractivity contribution in [3.8, 4) is 0 Å². The summed E-state index contributed by atoms with van der Waals surface area (Å²) in [5.74, 6) is 0. The Bertz CT molecular complexity index is 167. The number of hydrogen-bond donors (Lipinski definition) is 0. The summed E-state index contributed by atoms with van der Waals surface area (Å²) in [6.45, 7) is 4.24. The van der Waals surface area contributed by atoms with Crippen molar-refractivity contribution in [3.63, 3.8) is 0 Å². The van der Waals surface area contributed by atoms with E-state index in [1.54, 1.807) is 6.20 Å². The van der Waals surface area contributed by atoms with Crippen molar-refractivity contribution in [1.29, 1.82) is 0 Å². The Morgan fingerprint density at radius 2 is 2.25 bits per heavy atom. The van der Waals surface area contributed by atoms with Crippen LogP contribution in [0, 0.1) is 5.21 Å². The van der Waals surface area contributed by atoms with E-state index in [-0.39, 0.29) is 5.54 Å². The molecule has 2 nitrogen and oxygen atoms in total. The molecule has 0 bridgehead atoms. The van der Waals surface area contributed by atoms with Gasteiger partial charge in [-0.1, -0.05) is 32.3 Å². The fraction of sp³-hybridized carbons (Fsp3) is 0.800. The molecular weight excluding hydrogens is 150 g/mol. The average Bonchev–Trinajstić information content (AvgIpc) is 2.34. The molecule has 0 N–H and O–H groups in total. The Kier molecular flexibility index (Phi) is 3.15. The van der Waals surface area contributed by atoms with Crippen LogP contribution in [0.3, 0.4) is 0 Å². The fourth-order valence-electron chi connectivity index (χ4n) is 1.64. The molecule has 70 valence electrons. The van der Waals surface area contributed by atoms with Crippen LogP contribution in [0.5, 0.6) is 0 Å². The maximum atomic E-state index is 11.3. The number of hydrogen-bond acceptors (Lipinski definition) is 2. The van der Waals surface area contributed by atoms with Crippen molar-refractivity contribution in [2.75, 3.05) is 0 Å². The van der Waals surface area contributed by atoms with Crippen LogP contribution in [-0.2, 0) is 0 Å². The maximum absolute atomic E-state index is 11.3. The van der Waals surface area contributed by atoms with Crippen molar-refractivity contribution < 1.29 is 0 Å². The minimum atomic E-state index is -0.130. The van der Waals surface area contributed by atoms with E-state index in [0.29, 0.717) is 0 Å². The molecule has 2 heteroatoms. The van der Waals surface area contributed by atoms with Crippen molar-refractivity contribution in [1.82, 2.24) is 5.06 Å². The van der Waals surface area contributed by atoms with Crippen LogP contribution in [0.2, 0.25) is 0 Å². The second-order valence-electron chi connectivity index (χ2n) is 3.87. The zero-order valence-corrected chi connectivity index (χ0v) is 8.05. The van der Waals surface area contributed by atoms with Crippen LogP contribution < -0.4 is 0 Å². The van der Waals surface area contributed by atoms with Crippen LogP contribution in [-0.4, -0.2) is 10.6 Å². The predicted octanol–water partition coefficient (Wildman–Crippen LogP) is 3.04. The summed E-state index contributed by atoms with van der Waals surface area (Å²) in [5, 5.41) is 12.4. The number of hydroxylamine groups is 2. The topological polar surface area (TPSA) is 26.3 Å². The van der Waals surface area contributed by atoms with Crippen LogP contribution in [0.25, 0.3) is 0 Å². The number of unbranched alkanes of at least 4 members (excludes halogenated alkanes) is 2. The van der Waals surface area contributed by atoms with E-state index in [9.17, 15) is 5.21 Å². The van der Waals surface area contributed by atoms with Gasteiger partial charge in [0.2, 0.25) is 0 Å². The van der Waals surface area contributed by atoms with E-state index in [1.165, 1.54) is 19.3 Å². The highest BCUT2D eigenvalue weighted by Crippen LogP contribution is 2.30. The number of rotatable bonds is 4. The smallest absolute Gasteiger partial charge is 0.0291 e. The first-order chi connectivity index (χ1) is 5.69. The lowest BCUT2D eigenvalue weighted by Crippen LogP contribution is -2.35. The van der Waals surface area contributed by atoms with Crippen molar-refractivity contribution >= 4 is 0 Å². The van der Waals surface area contributed by atoms with Gasteiger partial charge in [-0.25, -0.2) is 0 Å². The van der Waals surface area contributed by atoms with E-state index in [2.05, 4.69) is 13.8 Å². The molecule has 0 amide bonds. The highest BCUT2D eigenvalue weighted by atomic mass is 16.5. The summed E-state index contributed by atoms with van der Waals surface area (Å²) in [5.41, 5.74) is -0.130. The Morgan fingerprint density at radius 1 is 1.50 bits per heavy atom. The lowest BCUT2D eigenvalue weighted by molar-refractivity contribution is 0.229. The summed E-state index contributed by atoms with van der Waals surface area (Å²) in [6.07, 6.45) is 9.21. The second-order valence-corrected chi connectivity index (χ2v) is 3.87. The summed E-state index contributed by atoms with van der Waals surface area (Å²) in [7, 11) is 0. The van der Waals surface area contributed by atoms with Gasteiger partial charge in [-0.05, 0) is 26.0 Å². The molecule has 1 rings (SSSR count). The molecule has 0 saturated carbocycles. The highest BCUT2D eigenvalue weighted by Gasteiger charge is 2.25. The van der Waals surface area contributed by atoms with Gasteiger partial charge >= 0.3 is 0 Å². The Labute approximate surface area is 74.8 Å². The SMILES string of the molecule is CCCCCC1(C)CC=CN1[O-]. The largest absolute Gasteiger partial charge is 0.758 e. The first kappa shape index (κ1) is 9.59. The molecule has 0 saturated heterocycles. The van der Waals surface area contributed by atoms with E-state index < -0.39 is 0 Å². The Hall–Kier alpha value is -0.500. The van der Waals surface area contributed by atoms with Gasteiger partial charge in [-0.15, -0.1) is 0 Å². The molecule has 1 aliphatic heterocycles. The van der Waals surface area contributed by atoms with E-state index in [0.717, 1.165) is 17.9 Å². The molecule has 12 heavy (non-hydrogen) atoms. The van der Waals surface area contributed by atoms with Crippen molar-refractivity contribution in [2.24, 2.45) is 0 Å². The fourth-order valence-corrected chi connectivity index (χ4v) is 1.64. The zero-order valence-electron chi connectivity index (χ0n) is 8.05. The van der Waals surface area contributed by atoms with Gasteiger partial charge < -0.3 is 10.3 Å². The normalized spacial score (nSPS) is 28.4. The third-order valence-corrected chi connectivity index (χ3v) is 2.65. The van der Waals surface area contributed by atoms with E-state index in [1.807, 2.05) is 6.08 Å². The summed E-state index contributed by atoms with van der Waals surface area (Å²) in [6, 6.07) is 0. The van der Waals surface area contributed by atoms with E-state index >= 15 is 0 Å². The van der Waals surface area contributed by atoms with Gasteiger partial charge in [0.05, 0.1) is 0 Å². The van der Waals surface area contributed by atoms with Crippen LogP contribution >= 0.6 is 0 Å². The van der Waals surface area contributed by atoms with Gasteiger partial charge in [-0.2, -0.15) is 0 Å². The maximum Gasteiger partial charge on any atom is 0.0291 e. The molecule has 1 heterocycles. The predicted molar refractivity (Wildman–Crippen MR) is 51.5 cm³/mol. The monoisotopic (exact) mass is 168 g/mol. The molecule has 1 atom stereocenters. The van der Waals surface area contributed by atoms with E-state index in [4.69, 9.17) is 0 Å². The zero-order chi connectivity index (χ0) is 9.03. The Balaban J connectivity index is 2.30. The molecule has 0 radical (unpaired) electrons. The van der Waals surface area contributed by atoms with Gasteiger partial charge in [0.15, 0.2) is 0 Å².